The fraction of sp³-hybridized carbons (Fsp3) is 0.667. The van der Waals surface area contributed by atoms with E-state index in [0.29, 0.717) is 17.8 Å². The molecule has 2 N–H and O–H groups in total. The average molecular weight is 318 g/mol. The van der Waals surface area contributed by atoms with E-state index in [9.17, 15) is 0 Å². The molecule has 1 fully saturated rings. The van der Waals surface area contributed by atoms with Gasteiger partial charge in [0.1, 0.15) is 0 Å². The summed E-state index contributed by atoms with van der Waals surface area (Å²) in [4.78, 5) is 9.07. The van der Waals surface area contributed by atoms with Crippen LogP contribution in [0.25, 0.3) is 0 Å². The number of methoxy groups -OCH3 is 1. The summed E-state index contributed by atoms with van der Waals surface area (Å²) in [5, 5.41) is 6.86. The van der Waals surface area contributed by atoms with E-state index < -0.39 is 0 Å². The fourth-order valence-corrected chi connectivity index (χ4v) is 3.21. The molecule has 0 bridgehead atoms. The predicted octanol–water partition coefficient (Wildman–Crippen LogP) is 3.12. The maximum Gasteiger partial charge on any atom is 0.213 e. The van der Waals surface area contributed by atoms with E-state index in [1.165, 1.54) is 32.1 Å². The lowest BCUT2D eigenvalue weighted by molar-refractivity contribution is 0.283. The lowest BCUT2D eigenvalue weighted by atomic mass is 9.83. The summed E-state index contributed by atoms with van der Waals surface area (Å²) in [6, 6.07) is 5.77. The molecule has 1 aromatic heterocycles. The number of nitrogens with zero attached hydrogens (tertiary/aromatic N) is 2. The molecule has 1 aromatic rings. The van der Waals surface area contributed by atoms with Crippen molar-refractivity contribution in [2.24, 2.45) is 10.4 Å². The first-order valence-electron chi connectivity index (χ1n) is 8.73. The molecule has 0 saturated heterocycles. The molecule has 1 saturated carbocycles. The molecule has 23 heavy (non-hydrogen) atoms. The second-order valence-corrected chi connectivity index (χ2v) is 6.28. The number of rotatable bonds is 7. The molecule has 0 aliphatic heterocycles. The van der Waals surface area contributed by atoms with Crippen LogP contribution in [0.2, 0.25) is 0 Å². The topological polar surface area (TPSA) is 58.5 Å². The molecule has 0 radical (unpaired) electrons. The van der Waals surface area contributed by atoms with Crippen molar-refractivity contribution in [2.45, 2.75) is 52.5 Å². The normalized spacial score (nSPS) is 17.1. The first kappa shape index (κ1) is 17.6. The van der Waals surface area contributed by atoms with Crippen molar-refractivity contribution in [3.63, 3.8) is 0 Å². The molecule has 1 heterocycles. The predicted molar refractivity (Wildman–Crippen MR) is 94.8 cm³/mol. The molecule has 5 nitrogen and oxygen atoms in total. The van der Waals surface area contributed by atoms with Gasteiger partial charge in [0.05, 0.1) is 19.3 Å². The minimum absolute atomic E-state index is 0.449. The Hall–Kier alpha value is -1.78. The number of aromatic nitrogens is 1. The van der Waals surface area contributed by atoms with Gasteiger partial charge in [-0.15, -0.1) is 0 Å². The summed E-state index contributed by atoms with van der Waals surface area (Å²) in [6.45, 7) is 6.80. The van der Waals surface area contributed by atoms with Crippen molar-refractivity contribution in [1.29, 1.82) is 0 Å². The molecular formula is C18H30N4O. The van der Waals surface area contributed by atoms with Gasteiger partial charge >= 0.3 is 0 Å². The first-order chi connectivity index (χ1) is 11.2. The number of ether oxygens (including phenoxy) is 1. The molecule has 0 atom stereocenters. The second kappa shape index (κ2) is 8.75. The lowest BCUT2D eigenvalue weighted by Gasteiger charge is -2.28. The molecule has 0 amide bonds. The Morgan fingerprint density at radius 2 is 2.04 bits per heavy atom. The van der Waals surface area contributed by atoms with Crippen LogP contribution in [0, 0.1) is 5.41 Å². The summed E-state index contributed by atoms with van der Waals surface area (Å²) in [5.74, 6) is 1.50. The maximum absolute atomic E-state index is 5.16. The Bertz CT molecular complexity index is 509. The number of nitrogens with one attached hydrogen (secondary N) is 2. The number of hydrogen-bond donors (Lipinski definition) is 2. The highest BCUT2D eigenvalue weighted by Gasteiger charge is 2.31. The van der Waals surface area contributed by atoms with Crippen LogP contribution in [0.15, 0.2) is 23.2 Å². The third-order valence-electron chi connectivity index (χ3n) is 4.78. The van der Waals surface area contributed by atoms with Gasteiger partial charge in [-0.25, -0.2) is 9.98 Å². The van der Waals surface area contributed by atoms with Crippen LogP contribution in [0.3, 0.4) is 0 Å². The van der Waals surface area contributed by atoms with E-state index >= 15 is 0 Å². The summed E-state index contributed by atoms with van der Waals surface area (Å²) in [6.07, 6.45) is 6.60. The van der Waals surface area contributed by atoms with Crippen LogP contribution in [-0.4, -0.2) is 31.1 Å². The molecule has 0 unspecified atom stereocenters. The van der Waals surface area contributed by atoms with Crippen LogP contribution in [-0.2, 0) is 6.54 Å². The van der Waals surface area contributed by atoms with Crippen LogP contribution >= 0.6 is 0 Å². The van der Waals surface area contributed by atoms with E-state index in [1.807, 2.05) is 18.2 Å². The number of pyridine rings is 1. The molecule has 1 aliphatic carbocycles. The van der Waals surface area contributed by atoms with Gasteiger partial charge in [-0.05, 0) is 37.7 Å². The quantitative estimate of drug-likeness (QED) is 0.599. The van der Waals surface area contributed by atoms with E-state index in [2.05, 4.69) is 34.5 Å². The minimum atomic E-state index is 0.449. The smallest absolute Gasteiger partial charge is 0.213 e. The van der Waals surface area contributed by atoms with Gasteiger partial charge < -0.3 is 15.4 Å². The van der Waals surface area contributed by atoms with Crippen LogP contribution in [0.1, 0.15) is 51.6 Å². The third-order valence-corrected chi connectivity index (χ3v) is 4.78. The number of aliphatic imine (C=N–C) groups is 1. The molecule has 0 spiro atoms. The Balaban J connectivity index is 1.96. The summed E-state index contributed by atoms with van der Waals surface area (Å²) >= 11 is 0. The van der Waals surface area contributed by atoms with Crippen LogP contribution in [0.4, 0.5) is 0 Å². The Morgan fingerprint density at radius 1 is 1.26 bits per heavy atom. The van der Waals surface area contributed by atoms with Crippen molar-refractivity contribution >= 4 is 5.96 Å². The van der Waals surface area contributed by atoms with Gasteiger partial charge in [0.2, 0.25) is 5.88 Å². The van der Waals surface area contributed by atoms with Crippen LogP contribution < -0.4 is 15.4 Å². The highest BCUT2D eigenvalue weighted by atomic mass is 16.5. The highest BCUT2D eigenvalue weighted by molar-refractivity contribution is 5.79. The van der Waals surface area contributed by atoms with Gasteiger partial charge in [0, 0.05) is 19.2 Å². The SMILES string of the molecule is CCNC(=NCc1cccc(OC)n1)NCC1(CC)CCCC1. The number of guanidine groups is 1. The Morgan fingerprint density at radius 3 is 2.70 bits per heavy atom. The largest absolute Gasteiger partial charge is 0.481 e. The van der Waals surface area contributed by atoms with Gasteiger partial charge in [-0.2, -0.15) is 0 Å². The average Bonchev–Trinajstić information content (AvgIpc) is 3.07. The maximum atomic E-state index is 5.16. The fourth-order valence-electron chi connectivity index (χ4n) is 3.21. The van der Waals surface area contributed by atoms with Gasteiger partial charge in [0.25, 0.3) is 0 Å². The molecule has 2 rings (SSSR count). The zero-order valence-electron chi connectivity index (χ0n) is 14.7. The minimum Gasteiger partial charge on any atom is -0.481 e. The van der Waals surface area contributed by atoms with Crippen molar-refractivity contribution in [3.8, 4) is 5.88 Å². The van der Waals surface area contributed by atoms with Crippen molar-refractivity contribution in [3.05, 3.63) is 23.9 Å². The van der Waals surface area contributed by atoms with E-state index in [0.717, 1.165) is 24.7 Å². The molecule has 0 aromatic carbocycles. The monoisotopic (exact) mass is 318 g/mol. The first-order valence-corrected chi connectivity index (χ1v) is 8.73. The van der Waals surface area contributed by atoms with Gasteiger partial charge in [0.15, 0.2) is 5.96 Å². The van der Waals surface area contributed by atoms with Crippen molar-refractivity contribution in [1.82, 2.24) is 15.6 Å². The Kier molecular flexibility index (Phi) is 6.68. The van der Waals surface area contributed by atoms with Crippen molar-refractivity contribution in [2.75, 3.05) is 20.2 Å². The second-order valence-electron chi connectivity index (χ2n) is 6.28. The molecule has 5 heteroatoms. The van der Waals surface area contributed by atoms with Gasteiger partial charge in [-0.3, -0.25) is 0 Å². The summed E-state index contributed by atoms with van der Waals surface area (Å²) < 4.78 is 5.16. The zero-order valence-corrected chi connectivity index (χ0v) is 14.7. The Labute approximate surface area is 139 Å². The molecule has 128 valence electrons. The summed E-state index contributed by atoms with van der Waals surface area (Å²) in [5.41, 5.74) is 1.36. The standard InChI is InChI=1S/C18H30N4O/c1-4-18(11-6-7-12-18)14-21-17(19-5-2)20-13-15-9-8-10-16(22-15)23-3/h8-10H,4-7,11-14H2,1-3H3,(H2,19,20,21). The summed E-state index contributed by atoms with van der Waals surface area (Å²) in [7, 11) is 1.63. The van der Waals surface area contributed by atoms with Gasteiger partial charge in [-0.1, -0.05) is 25.8 Å². The van der Waals surface area contributed by atoms with Crippen LogP contribution in [0.5, 0.6) is 5.88 Å². The molecule has 1 aliphatic rings. The van der Waals surface area contributed by atoms with E-state index in [-0.39, 0.29) is 0 Å². The van der Waals surface area contributed by atoms with Crippen molar-refractivity contribution < 1.29 is 4.74 Å². The lowest BCUT2D eigenvalue weighted by Crippen LogP contribution is -2.42. The van der Waals surface area contributed by atoms with E-state index in [1.54, 1.807) is 7.11 Å². The number of hydrogen-bond acceptors (Lipinski definition) is 3. The molecular weight excluding hydrogens is 288 g/mol. The highest BCUT2D eigenvalue weighted by Crippen LogP contribution is 2.40. The third kappa shape index (κ3) is 5.12. The zero-order chi connectivity index (χ0) is 16.5. The van der Waals surface area contributed by atoms with E-state index in [4.69, 9.17) is 4.74 Å².